The molecular formula is C17H19NO3. The van der Waals surface area contributed by atoms with Gasteiger partial charge in [0.2, 0.25) is 5.91 Å². The van der Waals surface area contributed by atoms with Crippen molar-refractivity contribution in [2.45, 2.75) is 13.3 Å². The molecule has 2 rings (SSSR count). The topological polar surface area (TPSA) is 47.6 Å². The molecule has 0 bridgehead atoms. The Morgan fingerprint density at radius 2 is 1.76 bits per heavy atom. The van der Waals surface area contributed by atoms with Gasteiger partial charge in [0.05, 0.1) is 26.3 Å². The molecule has 4 heteroatoms. The molecule has 0 aliphatic carbocycles. The zero-order valence-electron chi connectivity index (χ0n) is 12.5. The lowest BCUT2D eigenvalue weighted by molar-refractivity contribution is -0.115. The molecule has 0 saturated heterocycles. The second-order valence-electron chi connectivity index (χ2n) is 4.74. The van der Waals surface area contributed by atoms with Gasteiger partial charge in [0.25, 0.3) is 0 Å². The standard InChI is InChI=1S/C17H19NO3/c1-12-8-9-15(20-2)13(10-12)11-17(19)18-14-6-4-5-7-16(14)21-3/h4-10H,11H2,1-3H3,(H,18,19). The summed E-state index contributed by atoms with van der Waals surface area (Å²) >= 11 is 0. The van der Waals surface area contributed by atoms with Crippen molar-refractivity contribution < 1.29 is 14.3 Å². The molecule has 4 nitrogen and oxygen atoms in total. The molecule has 0 heterocycles. The lowest BCUT2D eigenvalue weighted by atomic mass is 10.1. The number of amides is 1. The second kappa shape index (κ2) is 6.79. The summed E-state index contributed by atoms with van der Waals surface area (Å²) in [7, 11) is 3.18. The number of benzene rings is 2. The van der Waals surface area contributed by atoms with Crippen LogP contribution in [0.5, 0.6) is 11.5 Å². The first-order valence-corrected chi connectivity index (χ1v) is 6.70. The minimum Gasteiger partial charge on any atom is -0.496 e. The summed E-state index contributed by atoms with van der Waals surface area (Å²) in [5.41, 5.74) is 2.62. The number of anilines is 1. The SMILES string of the molecule is COc1ccc(C)cc1CC(=O)Nc1ccccc1OC. The largest absolute Gasteiger partial charge is 0.496 e. The molecule has 2 aromatic rings. The molecule has 0 aliphatic rings. The van der Waals surface area contributed by atoms with Crippen LogP contribution in [0.4, 0.5) is 5.69 Å². The van der Waals surface area contributed by atoms with E-state index in [2.05, 4.69) is 5.32 Å². The van der Waals surface area contributed by atoms with E-state index in [1.807, 2.05) is 49.4 Å². The average molecular weight is 285 g/mol. The van der Waals surface area contributed by atoms with Gasteiger partial charge >= 0.3 is 0 Å². The Morgan fingerprint density at radius 1 is 1.05 bits per heavy atom. The Balaban J connectivity index is 2.13. The predicted octanol–water partition coefficient (Wildman–Crippen LogP) is 3.19. The van der Waals surface area contributed by atoms with E-state index in [0.29, 0.717) is 11.4 Å². The van der Waals surface area contributed by atoms with Gasteiger partial charge in [-0.2, -0.15) is 0 Å². The Labute approximate surface area is 124 Å². The third-order valence-electron chi connectivity index (χ3n) is 3.17. The minimum atomic E-state index is -0.108. The van der Waals surface area contributed by atoms with Gasteiger partial charge in [-0.1, -0.05) is 29.8 Å². The van der Waals surface area contributed by atoms with Crippen LogP contribution in [0.25, 0.3) is 0 Å². The number of para-hydroxylation sites is 2. The number of methoxy groups -OCH3 is 2. The van der Waals surface area contributed by atoms with Crippen LogP contribution in [-0.4, -0.2) is 20.1 Å². The van der Waals surface area contributed by atoms with Gasteiger partial charge in [0.15, 0.2) is 0 Å². The summed E-state index contributed by atoms with van der Waals surface area (Å²) in [6, 6.07) is 13.1. The zero-order valence-corrected chi connectivity index (χ0v) is 12.5. The lowest BCUT2D eigenvalue weighted by Crippen LogP contribution is -2.15. The maximum absolute atomic E-state index is 12.2. The smallest absolute Gasteiger partial charge is 0.229 e. The van der Waals surface area contributed by atoms with E-state index >= 15 is 0 Å². The van der Waals surface area contributed by atoms with Gasteiger partial charge in [0, 0.05) is 5.56 Å². The van der Waals surface area contributed by atoms with Crippen molar-refractivity contribution in [1.29, 1.82) is 0 Å². The number of nitrogens with one attached hydrogen (secondary N) is 1. The molecule has 0 aromatic heterocycles. The molecule has 0 saturated carbocycles. The molecule has 0 fully saturated rings. The summed E-state index contributed by atoms with van der Waals surface area (Å²) in [6.07, 6.45) is 0.253. The normalized spacial score (nSPS) is 10.0. The van der Waals surface area contributed by atoms with Crippen molar-refractivity contribution in [2.24, 2.45) is 0 Å². The van der Waals surface area contributed by atoms with Gasteiger partial charge in [-0.15, -0.1) is 0 Å². The fraction of sp³-hybridized carbons (Fsp3) is 0.235. The van der Waals surface area contributed by atoms with Crippen LogP contribution in [0, 0.1) is 6.92 Å². The first-order chi connectivity index (χ1) is 10.1. The molecule has 0 unspecified atom stereocenters. The maximum Gasteiger partial charge on any atom is 0.229 e. The van der Waals surface area contributed by atoms with Crippen molar-refractivity contribution in [3.63, 3.8) is 0 Å². The molecule has 0 spiro atoms. The van der Waals surface area contributed by atoms with Gasteiger partial charge in [-0.3, -0.25) is 4.79 Å². The van der Waals surface area contributed by atoms with E-state index in [-0.39, 0.29) is 12.3 Å². The molecule has 110 valence electrons. The fourth-order valence-electron chi connectivity index (χ4n) is 2.16. The van der Waals surface area contributed by atoms with E-state index in [1.165, 1.54) is 0 Å². The molecular weight excluding hydrogens is 266 g/mol. The van der Waals surface area contributed by atoms with Crippen LogP contribution >= 0.6 is 0 Å². The molecule has 2 aromatic carbocycles. The number of hydrogen-bond donors (Lipinski definition) is 1. The van der Waals surface area contributed by atoms with Crippen LogP contribution in [0.1, 0.15) is 11.1 Å². The third kappa shape index (κ3) is 3.75. The van der Waals surface area contributed by atoms with Crippen molar-refractivity contribution in [1.82, 2.24) is 0 Å². The van der Waals surface area contributed by atoms with Crippen LogP contribution < -0.4 is 14.8 Å². The number of ether oxygens (including phenoxy) is 2. The van der Waals surface area contributed by atoms with E-state index < -0.39 is 0 Å². The molecule has 1 amide bonds. The monoisotopic (exact) mass is 285 g/mol. The lowest BCUT2D eigenvalue weighted by Gasteiger charge is -2.12. The first-order valence-electron chi connectivity index (χ1n) is 6.70. The average Bonchev–Trinajstić information content (AvgIpc) is 2.48. The fourth-order valence-corrected chi connectivity index (χ4v) is 2.16. The minimum absolute atomic E-state index is 0.108. The molecule has 0 atom stereocenters. The summed E-state index contributed by atoms with van der Waals surface area (Å²) in [5, 5.41) is 2.86. The van der Waals surface area contributed by atoms with Crippen molar-refractivity contribution in [3.8, 4) is 11.5 Å². The van der Waals surface area contributed by atoms with Crippen LogP contribution in [-0.2, 0) is 11.2 Å². The van der Waals surface area contributed by atoms with Gasteiger partial charge in [-0.05, 0) is 25.1 Å². The highest BCUT2D eigenvalue weighted by Gasteiger charge is 2.11. The van der Waals surface area contributed by atoms with E-state index in [4.69, 9.17) is 9.47 Å². The summed E-state index contributed by atoms with van der Waals surface area (Å²) < 4.78 is 10.5. The highest BCUT2D eigenvalue weighted by Crippen LogP contribution is 2.24. The summed E-state index contributed by atoms with van der Waals surface area (Å²) in [5.74, 6) is 1.25. The summed E-state index contributed by atoms with van der Waals surface area (Å²) in [4.78, 5) is 12.2. The Morgan fingerprint density at radius 3 is 2.48 bits per heavy atom. The maximum atomic E-state index is 12.2. The molecule has 21 heavy (non-hydrogen) atoms. The predicted molar refractivity (Wildman–Crippen MR) is 83.1 cm³/mol. The number of hydrogen-bond acceptors (Lipinski definition) is 3. The van der Waals surface area contributed by atoms with Crippen LogP contribution in [0.2, 0.25) is 0 Å². The van der Waals surface area contributed by atoms with Gasteiger partial charge in [0.1, 0.15) is 11.5 Å². The van der Waals surface area contributed by atoms with Gasteiger partial charge in [-0.25, -0.2) is 0 Å². The highest BCUT2D eigenvalue weighted by molar-refractivity contribution is 5.94. The molecule has 0 radical (unpaired) electrons. The quantitative estimate of drug-likeness (QED) is 0.917. The zero-order chi connectivity index (χ0) is 15.2. The Kier molecular flexibility index (Phi) is 4.82. The number of carbonyl (C=O) groups is 1. The van der Waals surface area contributed by atoms with E-state index in [0.717, 1.165) is 16.9 Å². The molecule has 1 N–H and O–H groups in total. The van der Waals surface area contributed by atoms with Gasteiger partial charge < -0.3 is 14.8 Å². The second-order valence-corrected chi connectivity index (χ2v) is 4.74. The van der Waals surface area contributed by atoms with Crippen molar-refractivity contribution in [2.75, 3.05) is 19.5 Å². The van der Waals surface area contributed by atoms with Crippen molar-refractivity contribution >= 4 is 11.6 Å². The summed E-state index contributed by atoms with van der Waals surface area (Å²) in [6.45, 7) is 1.99. The van der Waals surface area contributed by atoms with Crippen LogP contribution in [0.15, 0.2) is 42.5 Å². The van der Waals surface area contributed by atoms with Crippen LogP contribution in [0.3, 0.4) is 0 Å². The highest BCUT2D eigenvalue weighted by atomic mass is 16.5. The van der Waals surface area contributed by atoms with E-state index in [9.17, 15) is 4.79 Å². The number of aryl methyl sites for hydroxylation is 1. The Bertz CT molecular complexity index is 638. The van der Waals surface area contributed by atoms with Crippen molar-refractivity contribution in [3.05, 3.63) is 53.6 Å². The first kappa shape index (κ1) is 14.9. The Hall–Kier alpha value is -2.49. The molecule has 0 aliphatic heterocycles. The van der Waals surface area contributed by atoms with E-state index in [1.54, 1.807) is 14.2 Å². The number of rotatable bonds is 5. The number of carbonyl (C=O) groups excluding carboxylic acids is 1. The third-order valence-corrected chi connectivity index (χ3v) is 3.17.